The number of amides is 1. The predicted octanol–water partition coefficient (Wildman–Crippen LogP) is 1.36. The SMILES string of the molecule is CC(C)CNC(=O)CNc1nc(Cl)nc(Cl)n1. The summed E-state index contributed by atoms with van der Waals surface area (Å²) < 4.78 is 0. The highest BCUT2D eigenvalue weighted by Crippen LogP contribution is 2.08. The maximum Gasteiger partial charge on any atom is 0.239 e. The lowest BCUT2D eigenvalue weighted by Crippen LogP contribution is -2.32. The van der Waals surface area contributed by atoms with Crippen molar-refractivity contribution in [2.24, 2.45) is 5.92 Å². The molecule has 1 amide bonds. The molecule has 1 aromatic heterocycles. The lowest BCUT2D eigenvalue weighted by atomic mass is 10.2. The number of nitrogens with one attached hydrogen (secondary N) is 2. The van der Waals surface area contributed by atoms with E-state index in [0.29, 0.717) is 12.5 Å². The molecule has 17 heavy (non-hydrogen) atoms. The minimum atomic E-state index is -0.147. The van der Waals surface area contributed by atoms with Gasteiger partial charge in [0, 0.05) is 6.54 Å². The minimum absolute atomic E-state index is 0.0184. The van der Waals surface area contributed by atoms with Crippen LogP contribution in [0.15, 0.2) is 0 Å². The zero-order chi connectivity index (χ0) is 12.8. The van der Waals surface area contributed by atoms with Gasteiger partial charge in [-0.2, -0.15) is 15.0 Å². The van der Waals surface area contributed by atoms with Gasteiger partial charge in [-0.3, -0.25) is 4.79 Å². The van der Waals surface area contributed by atoms with E-state index in [4.69, 9.17) is 23.2 Å². The summed E-state index contributed by atoms with van der Waals surface area (Å²) in [7, 11) is 0. The Morgan fingerprint density at radius 2 is 1.82 bits per heavy atom. The van der Waals surface area contributed by atoms with Crippen LogP contribution in [0.2, 0.25) is 10.6 Å². The molecule has 8 heteroatoms. The highest BCUT2D eigenvalue weighted by atomic mass is 35.5. The van der Waals surface area contributed by atoms with Gasteiger partial charge >= 0.3 is 0 Å². The zero-order valence-corrected chi connectivity index (χ0v) is 11.0. The van der Waals surface area contributed by atoms with Crippen LogP contribution in [-0.4, -0.2) is 33.9 Å². The van der Waals surface area contributed by atoms with Crippen LogP contribution in [0, 0.1) is 5.92 Å². The van der Waals surface area contributed by atoms with Crippen molar-refractivity contribution >= 4 is 35.1 Å². The monoisotopic (exact) mass is 277 g/mol. The van der Waals surface area contributed by atoms with E-state index in [1.54, 1.807) is 0 Å². The van der Waals surface area contributed by atoms with Crippen molar-refractivity contribution in [2.75, 3.05) is 18.4 Å². The molecule has 0 saturated carbocycles. The fraction of sp³-hybridized carbons (Fsp3) is 0.556. The quantitative estimate of drug-likeness (QED) is 0.850. The van der Waals surface area contributed by atoms with E-state index in [1.807, 2.05) is 13.8 Å². The number of anilines is 1. The minimum Gasteiger partial charge on any atom is -0.354 e. The van der Waals surface area contributed by atoms with Gasteiger partial charge in [0.05, 0.1) is 6.54 Å². The first kappa shape index (κ1) is 13.9. The lowest BCUT2D eigenvalue weighted by molar-refractivity contribution is -0.119. The van der Waals surface area contributed by atoms with Crippen LogP contribution in [0.25, 0.3) is 0 Å². The van der Waals surface area contributed by atoms with E-state index in [2.05, 4.69) is 25.6 Å². The van der Waals surface area contributed by atoms with Crippen molar-refractivity contribution in [3.8, 4) is 0 Å². The van der Waals surface area contributed by atoms with Crippen LogP contribution < -0.4 is 10.6 Å². The Balaban J connectivity index is 2.42. The van der Waals surface area contributed by atoms with Gasteiger partial charge in [-0.05, 0) is 29.1 Å². The Labute approximate surface area is 109 Å². The molecule has 1 heterocycles. The molecular weight excluding hydrogens is 265 g/mol. The van der Waals surface area contributed by atoms with Gasteiger partial charge in [0.1, 0.15) is 0 Å². The molecule has 6 nitrogen and oxygen atoms in total. The fourth-order valence-electron chi connectivity index (χ4n) is 0.945. The Kier molecular flexibility index (Phi) is 5.37. The molecule has 0 bridgehead atoms. The summed E-state index contributed by atoms with van der Waals surface area (Å²) in [4.78, 5) is 22.5. The van der Waals surface area contributed by atoms with E-state index in [-0.39, 0.29) is 29.0 Å². The third-order valence-electron chi connectivity index (χ3n) is 1.70. The largest absolute Gasteiger partial charge is 0.354 e. The average Bonchev–Trinajstić information content (AvgIpc) is 2.22. The molecular formula is C9H13Cl2N5O. The average molecular weight is 278 g/mol. The van der Waals surface area contributed by atoms with E-state index >= 15 is 0 Å². The topological polar surface area (TPSA) is 79.8 Å². The third kappa shape index (κ3) is 5.65. The van der Waals surface area contributed by atoms with E-state index in [9.17, 15) is 4.79 Å². The number of carbonyl (C=O) groups excluding carboxylic acids is 1. The van der Waals surface area contributed by atoms with Crippen molar-refractivity contribution in [2.45, 2.75) is 13.8 Å². The molecule has 0 radical (unpaired) electrons. The van der Waals surface area contributed by atoms with Crippen molar-refractivity contribution in [3.63, 3.8) is 0 Å². The first-order valence-corrected chi connectivity index (χ1v) is 5.80. The number of hydrogen-bond donors (Lipinski definition) is 2. The molecule has 0 aliphatic heterocycles. The van der Waals surface area contributed by atoms with Crippen LogP contribution in [-0.2, 0) is 4.79 Å². The van der Waals surface area contributed by atoms with Crippen LogP contribution in [0.4, 0.5) is 5.95 Å². The maximum atomic E-state index is 11.4. The van der Waals surface area contributed by atoms with Crippen LogP contribution >= 0.6 is 23.2 Å². The Bertz CT molecular complexity index is 379. The van der Waals surface area contributed by atoms with Gasteiger partial charge in [-0.1, -0.05) is 13.8 Å². The smallest absolute Gasteiger partial charge is 0.239 e. The van der Waals surface area contributed by atoms with Crippen molar-refractivity contribution < 1.29 is 4.79 Å². The highest BCUT2D eigenvalue weighted by molar-refractivity contribution is 6.31. The molecule has 0 aliphatic rings. The van der Waals surface area contributed by atoms with Crippen LogP contribution in [0.1, 0.15) is 13.8 Å². The molecule has 0 unspecified atom stereocenters. The summed E-state index contributed by atoms with van der Waals surface area (Å²) in [5.74, 6) is 0.432. The summed E-state index contributed by atoms with van der Waals surface area (Å²) in [6, 6.07) is 0. The van der Waals surface area contributed by atoms with Gasteiger partial charge in [0.25, 0.3) is 0 Å². The Morgan fingerprint density at radius 3 is 2.35 bits per heavy atom. The number of rotatable bonds is 5. The van der Waals surface area contributed by atoms with Crippen molar-refractivity contribution in [3.05, 3.63) is 10.6 Å². The number of aromatic nitrogens is 3. The summed E-state index contributed by atoms with van der Waals surface area (Å²) in [6.07, 6.45) is 0. The van der Waals surface area contributed by atoms with Gasteiger partial charge < -0.3 is 10.6 Å². The molecule has 0 aromatic carbocycles. The Hall–Kier alpha value is -1.14. The normalized spacial score (nSPS) is 10.4. The number of carbonyl (C=O) groups is 1. The standard InChI is InChI=1S/C9H13Cl2N5O/c1-5(2)3-12-6(17)4-13-9-15-7(10)14-8(11)16-9/h5H,3-4H2,1-2H3,(H,12,17)(H,13,14,15,16). The van der Waals surface area contributed by atoms with E-state index in [1.165, 1.54) is 0 Å². The first-order chi connectivity index (χ1) is 7.97. The first-order valence-electron chi connectivity index (χ1n) is 5.05. The summed E-state index contributed by atoms with van der Waals surface area (Å²) >= 11 is 11.2. The molecule has 1 rings (SSSR count). The maximum absolute atomic E-state index is 11.4. The highest BCUT2D eigenvalue weighted by Gasteiger charge is 2.05. The molecule has 0 saturated heterocycles. The predicted molar refractivity (Wildman–Crippen MR) is 66.2 cm³/mol. The summed E-state index contributed by atoms with van der Waals surface area (Å²) in [5, 5.41) is 5.41. The molecule has 1 aromatic rings. The van der Waals surface area contributed by atoms with Gasteiger partial charge in [-0.15, -0.1) is 0 Å². The molecule has 0 atom stereocenters. The Morgan fingerprint density at radius 1 is 1.24 bits per heavy atom. The molecule has 0 fully saturated rings. The number of hydrogen-bond acceptors (Lipinski definition) is 5. The van der Waals surface area contributed by atoms with Crippen LogP contribution in [0.5, 0.6) is 0 Å². The van der Waals surface area contributed by atoms with Gasteiger partial charge in [-0.25, -0.2) is 0 Å². The van der Waals surface area contributed by atoms with E-state index < -0.39 is 0 Å². The molecule has 0 spiro atoms. The van der Waals surface area contributed by atoms with Crippen molar-refractivity contribution in [1.29, 1.82) is 0 Å². The van der Waals surface area contributed by atoms with E-state index in [0.717, 1.165) is 0 Å². The molecule has 2 N–H and O–H groups in total. The zero-order valence-electron chi connectivity index (χ0n) is 9.50. The molecule has 94 valence electrons. The van der Waals surface area contributed by atoms with Crippen molar-refractivity contribution in [1.82, 2.24) is 20.3 Å². The number of nitrogens with zero attached hydrogens (tertiary/aromatic N) is 3. The second-order valence-electron chi connectivity index (χ2n) is 3.75. The third-order valence-corrected chi connectivity index (χ3v) is 2.03. The second kappa shape index (κ2) is 6.56. The second-order valence-corrected chi connectivity index (χ2v) is 4.42. The van der Waals surface area contributed by atoms with Crippen LogP contribution in [0.3, 0.4) is 0 Å². The number of halogens is 2. The summed E-state index contributed by atoms with van der Waals surface area (Å²) in [6.45, 7) is 4.71. The van der Waals surface area contributed by atoms with Gasteiger partial charge in [0.2, 0.25) is 22.4 Å². The summed E-state index contributed by atoms with van der Waals surface area (Å²) in [5.41, 5.74) is 0. The lowest BCUT2D eigenvalue weighted by Gasteiger charge is -2.08. The molecule has 0 aliphatic carbocycles. The van der Waals surface area contributed by atoms with Gasteiger partial charge in [0.15, 0.2) is 0 Å². The fourth-order valence-corrected chi connectivity index (χ4v) is 1.31.